The molecule has 2 heterocycles. The van der Waals surface area contributed by atoms with Crippen LogP contribution >= 0.6 is 0 Å². The summed E-state index contributed by atoms with van der Waals surface area (Å²) in [6.45, 7) is 4.28. The summed E-state index contributed by atoms with van der Waals surface area (Å²) in [5.74, 6) is 0.530. The van der Waals surface area contributed by atoms with Gasteiger partial charge in [-0.05, 0) is 85.3 Å². The largest absolute Gasteiger partial charge is 0.395 e. The third-order valence-corrected chi connectivity index (χ3v) is 7.24. The van der Waals surface area contributed by atoms with Gasteiger partial charge in [-0.25, -0.2) is 9.97 Å². The average molecular weight is 440 g/mol. The van der Waals surface area contributed by atoms with Crippen LogP contribution in [-0.2, 0) is 24.7 Å². The van der Waals surface area contributed by atoms with Gasteiger partial charge in [0.25, 0.3) is 0 Å². The number of fused-ring (bicyclic) bond motifs is 2. The van der Waals surface area contributed by atoms with Gasteiger partial charge in [-0.3, -0.25) is 0 Å². The summed E-state index contributed by atoms with van der Waals surface area (Å²) in [7, 11) is 2.17. The molecule has 1 aliphatic carbocycles. The Hall–Kier alpha value is -3.27. The number of nitrogens with zero attached hydrogens (tertiary/aromatic N) is 4. The van der Waals surface area contributed by atoms with Crippen molar-refractivity contribution in [1.29, 1.82) is 5.26 Å². The molecule has 5 rings (SSSR count). The maximum Gasteiger partial charge on any atom is 0.227 e. The summed E-state index contributed by atoms with van der Waals surface area (Å²) in [5.41, 5.74) is 7.87. The fourth-order valence-corrected chi connectivity index (χ4v) is 5.05. The van der Waals surface area contributed by atoms with E-state index < -0.39 is 0 Å². The van der Waals surface area contributed by atoms with Crippen LogP contribution in [0.15, 0.2) is 42.6 Å². The van der Waals surface area contributed by atoms with Gasteiger partial charge in [0.1, 0.15) is 0 Å². The minimum absolute atomic E-state index is 0.0685. The van der Waals surface area contributed by atoms with Crippen molar-refractivity contribution in [3.05, 3.63) is 70.4 Å². The summed E-state index contributed by atoms with van der Waals surface area (Å²) in [6.07, 6.45) is 5.53. The van der Waals surface area contributed by atoms with Crippen LogP contribution in [0, 0.1) is 11.3 Å². The number of aliphatic hydroxyl groups excluding tert-OH is 1. The quantitative estimate of drug-likeness (QED) is 0.640. The smallest absolute Gasteiger partial charge is 0.227 e. The molecular weight excluding hydrogens is 410 g/mol. The van der Waals surface area contributed by atoms with Gasteiger partial charge in [0.2, 0.25) is 5.95 Å². The minimum atomic E-state index is -0.318. The molecule has 0 bridgehead atoms. The van der Waals surface area contributed by atoms with E-state index in [0.717, 1.165) is 66.8 Å². The molecule has 168 valence electrons. The highest BCUT2D eigenvalue weighted by molar-refractivity contribution is 5.68. The number of rotatable bonds is 4. The minimum Gasteiger partial charge on any atom is -0.395 e. The van der Waals surface area contributed by atoms with Crippen molar-refractivity contribution in [3.63, 3.8) is 0 Å². The second-order valence-corrected chi connectivity index (χ2v) is 9.56. The standard InChI is InChI=1S/C27H29N5O/c1-27(17-33)9-5-23-21(16-28)13-20(15-24(23)27)25-6-10-29-26(31-25)30-22-4-3-18-7-11-32(2)12-8-19(18)14-22/h3-4,6,10,13-15,33H,5,7-9,11-12,17H2,1-2H3,(H,29,30,31). The molecule has 33 heavy (non-hydrogen) atoms. The van der Waals surface area contributed by atoms with E-state index in [1.165, 1.54) is 11.1 Å². The van der Waals surface area contributed by atoms with Crippen LogP contribution in [0.1, 0.15) is 41.2 Å². The first-order chi connectivity index (χ1) is 16.0. The predicted octanol–water partition coefficient (Wildman–Crippen LogP) is 3.99. The molecule has 0 fully saturated rings. The van der Waals surface area contributed by atoms with E-state index in [-0.39, 0.29) is 12.0 Å². The van der Waals surface area contributed by atoms with Gasteiger partial charge in [-0.1, -0.05) is 13.0 Å². The number of likely N-dealkylation sites (N-methyl/N-ethyl adjacent to an activating group) is 1. The van der Waals surface area contributed by atoms with E-state index in [9.17, 15) is 10.4 Å². The van der Waals surface area contributed by atoms with Crippen LogP contribution in [0.25, 0.3) is 11.3 Å². The molecule has 6 heteroatoms. The summed E-state index contributed by atoms with van der Waals surface area (Å²) in [6, 6.07) is 14.7. The fraction of sp³-hybridized carbons (Fsp3) is 0.370. The van der Waals surface area contributed by atoms with E-state index >= 15 is 0 Å². The third-order valence-electron chi connectivity index (χ3n) is 7.24. The molecule has 1 aliphatic heterocycles. The summed E-state index contributed by atoms with van der Waals surface area (Å²) < 4.78 is 0. The number of benzene rings is 2. The molecule has 1 aromatic heterocycles. The normalized spacial score (nSPS) is 19.9. The topological polar surface area (TPSA) is 85.1 Å². The molecule has 2 N–H and O–H groups in total. The monoisotopic (exact) mass is 439 g/mol. The first kappa shape index (κ1) is 21.6. The molecule has 2 aromatic carbocycles. The Labute approximate surface area is 194 Å². The number of hydrogen-bond acceptors (Lipinski definition) is 6. The van der Waals surface area contributed by atoms with Crippen molar-refractivity contribution < 1.29 is 5.11 Å². The van der Waals surface area contributed by atoms with Crippen molar-refractivity contribution >= 4 is 11.6 Å². The molecule has 0 radical (unpaired) electrons. The van der Waals surface area contributed by atoms with Gasteiger partial charge < -0.3 is 15.3 Å². The number of anilines is 2. The fourth-order valence-electron chi connectivity index (χ4n) is 5.05. The average Bonchev–Trinajstić information content (AvgIpc) is 3.07. The van der Waals surface area contributed by atoms with Crippen LogP contribution in [-0.4, -0.2) is 46.7 Å². The summed E-state index contributed by atoms with van der Waals surface area (Å²) in [5, 5.41) is 23.1. The lowest BCUT2D eigenvalue weighted by molar-refractivity contribution is 0.206. The lowest BCUT2D eigenvalue weighted by Crippen LogP contribution is -2.23. The molecule has 0 spiro atoms. The van der Waals surface area contributed by atoms with E-state index in [2.05, 4.69) is 59.5 Å². The third kappa shape index (κ3) is 4.10. The van der Waals surface area contributed by atoms with Gasteiger partial charge in [0.05, 0.1) is 23.9 Å². The zero-order valence-electron chi connectivity index (χ0n) is 19.2. The maximum atomic E-state index is 10.0. The maximum absolute atomic E-state index is 10.0. The van der Waals surface area contributed by atoms with E-state index in [1.807, 2.05) is 12.1 Å². The Morgan fingerprint density at radius 1 is 1.12 bits per heavy atom. The molecule has 6 nitrogen and oxygen atoms in total. The zero-order chi connectivity index (χ0) is 23.0. The lowest BCUT2D eigenvalue weighted by Gasteiger charge is -2.23. The van der Waals surface area contributed by atoms with Crippen LogP contribution in [0.4, 0.5) is 11.6 Å². The van der Waals surface area contributed by atoms with Crippen molar-refractivity contribution in [1.82, 2.24) is 14.9 Å². The number of hydrogen-bond donors (Lipinski definition) is 2. The Morgan fingerprint density at radius 2 is 1.94 bits per heavy atom. The lowest BCUT2D eigenvalue weighted by atomic mass is 9.83. The Balaban J connectivity index is 1.45. The zero-order valence-corrected chi connectivity index (χ0v) is 19.2. The highest BCUT2D eigenvalue weighted by atomic mass is 16.3. The van der Waals surface area contributed by atoms with Crippen molar-refractivity contribution in [3.8, 4) is 17.3 Å². The predicted molar refractivity (Wildman–Crippen MR) is 130 cm³/mol. The van der Waals surface area contributed by atoms with E-state index in [4.69, 9.17) is 4.98 Å². The first-order valence-corrected chi connectivity index (χ1v) is 11.6. The van der Waals surface area contributed by atoms with Gasteiger partial charge in [-0.2, -0.15) is 5.26 Å². The highest BCUT2D eigenvalue weighted by Gasteiger charge is 2.35. The Bertz CT molecular complexity index is 1250. The second-order valence-electron chi connectivity index (χ2n) is 9.56. The van der Waals surface area contributed by atoms with Crippen LogP contribution in [0.2, 0.25) is 0 Å². The van der Waals surface area contributed by atoms with Crippen LogP contribution in [0.5, 0.6) is 0 Å². The molecule has 0 saturated carbocycles. The van der Waals surface area contributed by atoms with Crippen molar-refractivity contribution in [2.24, 2.45) is 0 Å². The summed E-state index contributed by atoms with van der Waals surface area (Å²) in [4.78, 5) is 11.5. The van der Waals surface area contributed by atoms with E-state index in [1.54, 1.807) is 6.20 Å². The van der Waals surface area contributed by atoms with Gasteiger partial charge in [0, 0.05) is 36.0 Å². The second kappa shape index (κ2) is 8.58. The Morgan fingerprint density at radius 3 is 2.73 bits per heavy atom. The van der Waals surface area contributed by atoms with Crippen molar-refractivity contribution in [2.45, 2.75) is 38.0 Å². The molecule has 2 aliphatic rings. The highest BCUT2D eigenvalue weighted by Crippen LogP contribution is 2.42. The molecule has 0 saturated heterocycles. The van der Waals surface area contributed by atoms with Gasteiger partial charge in [-0.15, -0.1) is 0 Å². The molecule has 0 amide bonds. The molecule has 1 atom stereocenters. The SMILES string of the molecule is CN1CCc2ccc(Nc3nccc(-c4cc(C#N)c5c(c4)C(C)(CO)CC5)n3)cc2CC1. The molecule has 1 unspecified atom stereocenters. The Kier molecular flexibility index (Phi) is 5.61. The van der Waals surface area contributed by atoms with Crippen LogP contribution in [0.3, 0.4) is 0 Å². The number of nitriles is 1. The number of aliphatic hydroxyl groups is 1. The number of nitrogens with one attached hydrogen (secondary N) is 1. The van der Waals surface area contributed by atoms with Crippen LogP contribution < -0.4 is 5.32 Å². The summed E-state index contributed by atoms with van der Waals surface area (Å²) >= 11 is 0. The van der Waals surface area contributed by atoms with Gasteiger partial charge in [0.15, 0.2) is 0 Å². The van der Waals surface area contributed by atoms with Gasteiger partial charge >= 0.3 is 0 Å². The molecular formula is C27H29N5O. The first-order valence-electron chi connectivity index (χ1n) is 11.6. The number of aromatic nitrogens is 2. The molecule has 3 aromatic rings. The van der Waals surface area contributed by atoms with Crippen molar-refractivity contribution in [2.75, 3.05) is 32.1 Å². The van der Waals surface area contributed by atoms with E-state index in [0.29, 0.717) is 11.5 Å².